The van der Waals surface area contributed by atoms with Gasteiger partial charge in [-0.05, 0) is 43.9 Å². The van der Waals surface area contributed by atoms with E-state index in [4.69, 9.17) is 0 Å². The van der Waals surface area contributed by atoms with Gasteiger partial charge in [0.25, 0.3) is 0 Å². The summed E-state index contributed by atoms with van der Waals surface area (Å²) in [5, 5.41) is 18.7. The van der Waals surface area contributed by atoms with Crippen LogP contribution in [-0.4, -0.2) is 31.8 Å². The lowest BCUT2D eigenvalue weighted by Crippen LogP contribution is -2.37. The molecule has 0 spiro atoms. The zero-order valence-electron chi connectivity index (χ0n) is 15.3. The summed E-state index contributed by atoms with van der Waals surface area (Å²) < 4.78 is 3.56. The van der Waals surface area contributed by atoms with Crippen LogP contribution in [-0.2, 0) is 4.79 Å². The summed E-state index contributed by atoms with van der Waals surface area (Å²) in [5.74, 6) is 0.145. The van der Waals surface area contributed by atoms with Gasteiger partial charge >= 0.3 is 0 Å². The molecule has 1 saturated heterocycles. The molecule has 4 heterocycles. The predicted molar refractivity (Wildman–Crippen MR) is 99.3 cm³/mol. The highest BCUT2D eigenvalue weighted by atomic mass is 16.2. The molecule has 3 aromatic rings. The number of fused-ring (bicyclic) bond motifs is 1. The van der Waals surface area contributed by atoms with Gasteiger partial charge in [-0.1, -0.05) is 6.92 Å². The molecule has 1 saturated carbocycles. The van der Waals surface area contributed by atoms with Crippen molar-refractivity contribution in [2.24, 2.45) is 17.3 Å². The number of hydrogen-bond donors (Lipinski definition) is 0. The van der Waals surface area contributed by atoms with Gasteiger partial charge in [0.2, 0.25) is 5.91 Å². The maximum Gasteiger partial charge on any atom is 0.248 e. The Morgan fingerprint density at radius 1 is 1.33 bits per heavy atom. The Balaban J connectivity index is 1.60. The van der Waals surface area contributed by atoms with Crippen LogP contribution in [0.15, 0.2) is 36.8 Å². The first-order valence-corrected chi connectivity index (χ1v) is 9.28. The minimum Gasteiger partial charge on any atom is -0.309 e. The first-order chi connectivity index (χ1) is 13.0. The number of nitrogens with zero attached hydrogens (tertiary/aromatic N) is 6. The highest BCUT2D eigenvalue weighted by Gasteiger charge is 2.61. The Morgan fingerprint density at radius 3 is 2.81 bits per heavy atom. The second-order valence-electron chi connectivity index (χ2n) is 7.72. The Kier molecular flexibility index (Phi) is 3.23. The third-order valence-corrected chi connectivity index (χ3v) is 5.99. The molecule has 27 heavy (non-hydrogen) atoms. The van der Waals surface area contributed by atoms with E-state index in [1.165, 1.54) is 0 Å². The van der Waals surface area contributed by atoms with Crippen LogP contribution >= 0.6 is 0 Å². The SMILES string of the molecule is Cc1ccn(-c2cc3c(N4C[C@@H](C)[C@@](C#N)(C5CC5)C4=O)ccnn3c2)n1. The Labute approximate surface area is 156 Å². The van der Waals surface area contributed by atoms with Crippen LogP contribution in [0.5, 0.6) is 0 Å². The van der Waals surface area contributed by atoms with E-state index in [2.05, 4.69) is 16.3 Å². The van der Waals surface area contributed by atoms with Crippen molar-refractivity contribution in [3.63, 3.8) is 0 Å². The molecule has 5 rings (SSSR count). The molecule has 0 radical (unpaired) electrons. The largest absolute Gasteiger partial charge is 0.309 e. The molecule has 0 aromatic carbocycles. The molecular weight excluding hydrogens is 340 g/mol. The minimum absolute atomic E-state index is 0.0129. The van der Waals surface area contributed by atoms with Crippen molar-refractivity contribution < 1.29 is 4.79 Å². The summed E-state index contributed by atoms with van der Waals surface area (Å²) in [6.07, 6.45) is 7.44. The topological polar surface area (TPSA) is 79.2 Å². The number of nitriles is 1. The zero-order valence-corrected chi connectivity index (χ0v) is 15.3. The summed E-state index contributed by atoms with van der Waals surface area (Å²) in [7, 11) is 0. The zero-order chi connectivity index (χ0) is 18.8. The van der Waals surface area contributed by atoms with Crippen molar-refractivity contribution in [1.29, 1.82) is 5.26 Å². The number of carbonyl (C=O) groups is 1. The molecular formula is C20H20N6O. The lowest BCUT2D eigenvalue weighted by Gasteiger charge is -2.23. The van der Waals surface area contributed by atoms with Crippen LogP contribution in [0.4, 0.5) is 5.69 Å². The van der Waals surface area contributed by atoms with Crippen molar-refractivity contribution in [2.45, 2.75) is 26.7 Å². The molecule has 2 fully saturated rings. The van der Waals surface area contributed by atoms with E-state index in [0.717, 1.165) is 35.4 Å². The van der Waals surface area contributed by atoms with E-state index >= 15 is 0 Å². The summed E-state index contributed by atoms with van der Waals surface area (Å²) in [6, 6.07) is 8.18. The van der Waals surface area contributed by atoms with Crippen LogP contribution in [0, 0.1) is 35.5 Å². The summed E-state index contributed by atoms with van der Waals surface area (Å²) >= 11 is 0. The second kappa shape index (κ2) is 5.43. The van der Waals surface area contributed by atoms with Crippen LogP contribution in [0.25, 0.3) is 11.2 Å². The number of rotatable bonds is 3. The highest BCUT2D eigenvalue weighted by Crippen LogP contribution is 2.54. The van der Waals surface area contributed by atoms with Gasteiger partial charge in [-0.15, -0.1) is 0 Å². The molecule has 1 aliphatic heterocycles. The normalized spacial score (nSPS) is 25.3. The average Bonchev–Trinajstić information content (AvgIpc) is 3.16. The van der Waals surface area contributed by atoms with Gasteiger partial charge in [-0.2, -0.15) is 15.5 Å². The van der Waals surface area contributed by atoms with Crippen molar-refractivity contribution in [2.75, 3.05) is 11.4 Å². The van der Waals surface area contributed by atoms with Crippen molar-refractivity contribution >= 4 is 17.1 Å². The van der Waals surface area contributed by atoms with E-state index < -0.39 is 5.41 Å². The van der Waals surface area contributed by atoms with Gasteiger partial charge in [0.1, 0.15) is 5.41 Å². The summed E-state index contributed by atoms with van der Waals surface area (Å²) in [5.41, 5.74) is 2.58. The van der Waals surface area contributed by atoms with E-state index in [9.17, 15) is 10.1 Å². The molecule has 0 unspecified atom stereocenters. The van der Waals surface area contributed by atoms with Gasteiger partial charge in [-0.25, -0.2) is 9.20 Å². The molecule has 3 aromatic heterocycles. The molecule has 1 aliphatic carbocycles. The smallest absolute Gasteiger partial charge is 0.248 e. The van der Waals surface area contributed by atoms with E-state index in [-0.39, 0.29) is 17.7 Å². The number of hydrogen-bond acceptors (Lipinski definition) is 4. The number of anilines is 1. The molecule has 0 N–H and O–H groups in total. The number of amides is 1. The third kappa shape index (κ3) is 2.16. The first kappa shape index (κ1) is 16.1. The fourth-order valence-electron chi connectivity index (χ4n) is 4.41. The Hall–Kier alpha value is -3.14. The number of carbonyl (C=O) groups excluding carboxylic acids is 1. The monoisotopic (exact) mass is 360 g/mol. The third-order valence-electron chi connectivity index (χ3n) is 5.99. The second-order valence-corrected chi connectivity index (χ2v) is 7.72. The molecule has 7 nitrogen and oxygen atoms in total. The fourth-order valence-corrected chi connectivity index (χ4v) is 4.41. The average molecular weight is 360 g/mol. The molecule has 2 aliphatic rings. The Morgan fingerprint density at radius 2 is 2.15 bits per heavy atom. The number of aromatic nitrogens is 4. The minimum atomic E-state index is -0.880. The molecule has 1 amide bonds. The van der Waals surface area contributed by atoms with Gasteiger partial charge in [-0.3, -0.25) is 4.79 Å². The highest BCUT2D eigenvalue weighted by molar-refractivity contribution is 6.05. The van der Waals surface area contributed by atoms with Crippen molar-refractivity contribution in [3.8, 4) is 11.8 Å². The molecule has 0 bridgehead atoms. The summed E-state index contributed by atoms with van der Waals surface area (Å²) in [4.78, 5) is 15.1. The van der Waals surface area contributed by atoms with Crippen molar-refractivity contribution in [1.82, 2.24) is 19.4 Å². The molecule has 2 atom stereocenters. The van der Waals surface area contributed by atoms with Crippen LogP contribution in [0.2, 0.25) is 0 Å². The van der Waals surface area contributed by atoms with Gasteiger partial charge < -0.3 is 4.90 Å². The van der Waals surface area contributed by atoms with E-state index in [0.29, 0.717) is 6.54 Å². The maximum absolute atomic E-state index is 13.3. The molecule has 136 valence electrons. The summed E-state index contributed by atoms with van der Waals surface area (Å²) in [6.45, 7) is 4.53. The fraction of sp³-hybridized carbons (Fsp3) is 0.400. The van der Waals surface area contributed by atoms with Gasteiger partial charge in [0.15, 0.2) is 0 Å². The number of aryl methyl sites for hydroxylation is 1. The lowest BCUT2D eigenvalue weighted by molar-refractivity contribution is -0.124. The Bertz CT molecular complexity index is 1100. The first-order valence-electron chi connectivity index (χ1n) is 9.28. The van der Waals surface area contributed by atoms with E-state index in [1.54, 1.807) is 20.3 Å². The van der Waals surface area contributed by atoms with Crippen LogP contribution < -0.4 is 4.90 Å². The van der Waals surface area contributed by atoms with Crippen LogP contribution in [0.3, 0.4) is 0 Å². The standard InChI is InChI=1S/C20H20N6O/c1-13-10-24(19(27)20(13,12-21)15-3-4-15)17-5-7-22-26-11-16(9-18(17)26)25-8-6-14(2)23-25/h5-9,11,13,15H,3-4,10H2,1-2H3/t13-,20+/m1/s1. The molecule has 7 heteroatoms. The van der Waals surface area contributed by atoms with Crippen LogP contribution in [0.1, 0.15) is 25.5 Å². The predicted octanol–water partition coefficient (Wildman–Crippen LogP) is 2.73. The maximum atomic E-state index is 13.3. The van der Waals surface area contributed by atoms with Crippen molar-refractivity contribution in [3.05, 3.63) is 42.5 Å². The lowest BCUT2D eigenvalue weighted by atomic mass is 9.75. The quantitative estimate of drug-likeness (QED) is 0.719. The van der Waals surface area contributed by atoms with Gasteiger partial charge in [0, 0.05) is 24.9 Å². The van der Waals surface area contributed by atoms with Gasteiger partial charge in [0.05, 0.1) is 34.9 Å². The van der Waals surface area contributed by atoms with E-state index in [1.807, 2.05) is 44.4 Å².